The molecule has 0 spiro atoms. The van der Waals surface area contributed by atoms with Crippen molar-refractivity contribution < 1.29 is 5.11 Å². The molecule has 6 nitrogen and oxygen atoms in total. The first-order valence-corrected chi connectivity index (χ1v) is 7.85. The fourth-order valence-electron chi connectivity index (χ4n) is 3.14. The summed E-state index contributed by atoms with van der Waals surface area (Å²) in [6.45, 7) is 5.50. The first-order chi connectivity index (χ1) is 11.3. The van der Waals surface area contributed by atoms with Crippen LogP contribution in [0.1, 0.15) is 25.1 Å². The predicted molar refractivity (Wildman–Crippen MR) is 93.6 cm³/mol. The van der Waals surface area contributed by atoms with Crippen LogP contribution in [0.5, 0.6) is 0 Å². The Morgan fingerprint density at radius 1 is 1.17 bits per heavy atom. The molecule has 3 heterocycles. The van der Waals surface area contributed by atoms with Crippen molar-refractivity contribution in [3.8, 4) is 11.3 Å². The third-order valence-electron chi connectivity index (χ3n) is 4.41. The van der Waals surface area contributed by atoms with Crippen LogP contribution in [0.2, 0.25) is 0 Å². The number of pyridine rings is 1. The van der Waals surface area contributed by atoms with Crippen LogP contribution in [0, 0.1) is 6.92 Å². The molecular formula is C18H19N5O. The number of nitrogens with zero attached hydrogens (tertiary/aromatic N) is 4. The van der Waals surface area contributed by atoms with Gasteiger partial charge in [-0.3, -0.25) is 4.98 Å². The molecule has 0 saturated carbocycles. The Morgan fingerprint density at radius 2 is 1.96 bits per heavy atom. The third-order valence-corrected chi connectivity index (χ3v) is 4.41. The van der Waals surface area contributed by atoms with Gasteiger partial charge in [0.05, 0.1) is 28.0 Å². The number of hydrogen-bond acceptors (Lipinski definition) is 4. The maximum atomic E-state index is 10.2. The van der Waals surface area contributed by atoms with Gasteiger partial charge in [0.2, 0.25) is 0 Å². The highest BCUT2D eigenvalue weighted by molar-refractivity contribution is 6.05. The van der Waals surface area contributed by atoms with Crippen molar-refractivity contribution >= 4 is 21.9 Å². The minimum Gasteiger partial charge on any atom is -0.386 e. The van der Waals surface area contributed by atoms with E-state index in [1.54, 1.807) is 18.5 Å². The molecule has 122 valence electrons. The lowest BCUT2D eigenvalue weighted by molar-refractivity contribution is 0.0787. The number of aromatic nitrogens is 5. The van der Waals surface area contributed by atoms with Crippen LogP contribution in [0.3, 0.4) is 0 Å². The summed E-state index contributed by atoms with van der Waals surface area (Å²) in [5, 5.41) is 19.4. The second-order valence-corrected chi connectivity index (χ2v) is 6.71. The minimum absolute atomic E-state index is 0.869. The van der Waals surface area contributed by atoms with E-state index in [1.807, 2.05) is 38.4 Å². The van der Waals surface area contributed by atoms with E-state index in [2.05, 4.69) is 26.3 Å². The first-order valence-electron chi connectivity index (χ1n) is 7.85. The topological polar surface area (TPSA) is 79.6 Å². The average Bonchev–Trinajstić information content (AvgIpc) is 3.04. The van der Waals surface area contributed by atoms with E-state index in [9.17, 15) is 5.11 Å². The van der Waals surface area contributed by atoms with Crippen LogP contribution in [0.25, 0.3) is 33.2 Å². The number of aromatic amines is 1. The van der Waals surface area contributed by atoms with E-state index < -0.39 is 5.60 Å². The van der Waals surface area contributed by atoms with Gasteiger partial charge in [-0.05, 0) is 38.5 Å². The molecule has 0 radical (unpaired) electrons. The number of fused-ring (bicyclic) bond motifs is 3. The zero-order chi connectivity index (χ0) is 17.1. The predicted octanol–water partition coefficient (Wildman–Crippen LogP) is 3.05. The maximum Gasteiger partial charge on any atom is 0.0958 e. The number of H-pyrrole nitrogens is 1. The smallest absolute Gasteiger partial charge is 0.0958 e. The summed E-state index contributed by atoms with van der Waals surface area (Å²) >= 11 is 0. The van der Waals surface area contributed by atoms with Crippen LogP contribution < -0.4 is 0 Å². The van der Waals surface area contributed by atoms with E-state index in [0.717, 1.165) is 44.5 Å². The Bertz CT molecular complexity index is 1050. The molecule has 0 unspecified atom stereocenters. The van der Waals surface area contributed by atoms with Gasteiger partial charge in [-0.15, -0.1) is 5.10 Å². The van der Waals surface area contributed by atoms with E-state index in [1.165, 1.54) is 0 Å². The normalized spacial score (nSPS) is 12.4. The van der Waals surface area contributed by atoms with Gasteiger partial charge in [0, 0.05) is 29.7 Å². The summed E-state index contributed by atoms with van der Waals surface area (Å²) in [5.74, 6) is 0. The van der Waals surface area contributed by atoms with Gasteiger partial charge in [0.15, 0.2) is 0 Å². The van der Waals surface area contributed by atoms with Crippen LogP contribution in [0.15, 0.2) is 30.5 Å². The summed E-state index contributed by atoms with van der Waals surface area (Å²) in [6.07, 6.45) is 1.85. The molecule has 1 aromatic carbocycles. The van der Waals surface area contributed by atoms with E-state index in [4.69, 9.17) is 0 Å². The Morgan fingerprint density at radius 3 is 2.62 bits per heavy atom. The highest BCUT2D eigenvalue weighted by Gasteiger charge is 2.18. The lowest BCUT2D eigenvalue weighted by atomic mass is 9.97. The van der Waals surface area contributed by atoms with Crippen molar-refractivity contribution in [1.29, 1.82) is 0 Å². The maximum absolute atomic E-state index is 10.2. The van der Waals surface area contributed by atoms with Gasteiger partial charge in [-0.25, -0.2) is 4.68 Å². The molecule has 6 heteroatoms. The molecule has 2 N–H and O–H groups in total. The molecule has 4 aromatic rings. The van der Waals surface area contributed by atoms with Gasteiger partial charge < -0.3 is 10.1 Å². The molecule has 0 saturated heterocycles. The van der Waals surface area contributed by atoms with Crippen LogP contribution >= 0.6 is 0 Å². The first kappa shape index (κ1) is 14.8. The number of aliphatic hydroxyl groups is 1. The molecule has 4 rings (SSSR count). The molecule has 0 aliphatic rings. The van der Waals surface area contributed by atoms with Gasteiger partial charge in [-0.2, -0.15) is 0 Å². The molecule has 3 aromatic heterocycles. The number of aryl methyl sites for hydroxylation is 2. The van der Waals surface area contributed by atoms with Crippen LogP contribution in [0.4, 0.5) is 0 Å². The largest absolute Gasteiger partial charge is 0.386 e. The molecule has 0 aliphatic heterocycles. The highest BCUT2D eigenvalue weighted by Crippen LogP contribution is 2.31. The Balaban J connectivity index is 1.93. The molecule has 0 atom stereocenters. The third kappa shape index (κ3) is 2.18. The zero-order valence-corrected chi connectivity index (χ0v) is 14.1. The molecule has 0 aliphatic carbocycles. The van der Waals surface area contributed by atoms with E-state index in [0.29, 0.717) is 0 Å². The van der Waals surface area contributed by atoms with Crippen molar-refractivity contribution in [2.75, 3.05) is 0 Å². The second kappa shape index (κ2) is 4.88. The summed E-state index contributed by atoms with van der Waals surface area (Å²) in [4.78, 5) is 8.04. The molecule has 24 heavy (non-hydrogen) atoms. The average molecular weight is 321 g/mol. The Kier molecular flexibility index (Phi) is 3.02. The van der Waals surface area contributed by atoms with Crippen molar-refractivity contribution in [3.05, 3.63) is 41.7 Å². The Labute approximate surface area is 139 Å². The second-order valence-electron chi connectivity index (χ2n) is 6.71. The van der Waals surface area contributed by atoms with Crippen molar-refractivity contribution in [2.24, 2.45) is 7.05 Å². The highest BCUT2D eigenvalue weighted by atomic mass is 16.3. The summed E-state index contributed by atoms with van der Waals surface area (Å²) in [7, 11) is 1.88. The molecule has 0 bridgehead atoms. The quantitative estimate of drug-likeness (QED) is 0.595. The molecule has 0 fully saturated rings. The molecule has 0 amide bonds. The van der Waals surface area contributed by atoms with E-state index >= 15 is 0 Å². The van der Waals surface area contributed by atoms with Crippen molar-refractivity contribution in [2.45, 2.75) is 26.4 Å². The Hall–Kier alpha value is -2.73. The van der Waals surface area contributed by atoms with Gasteiger partial charge in [0.1, 0.15) is 0 Å². The number of hydrogen-bond donors (Lipinski definition) is 2. The van der Waals surface area contributed by atoms with E-state index in [-0.39, 0.29) is 0 Å². The lowest BCUT2D eigenvalue weighted by Gasteiger charge is -2.17. The monoisotopic (exact) mass is 321 g/mol. The van der Waals surface area contributed by atoms with Crippen molar-refractivity contribution in [1.82, 2.24) is 25.0 Å². The zero-order valence-electron chi connectivity index (χ0n) is 14.1. The minimum atomic E-state index is -0.873. The number of rotatable bonds is 2. The van der Waals surface area contributed by atoms with Crippen molar-refractivity contribution in [3.63, 3.8) is 0 Å². The number of nitrogens with one attached hydrogen (secondary N) is 1. The fourth-order valence-corrected chi connectivity index (χ4v) is 3.14. The standard InChI is InChI=1S/C18H19N5O/c1-10-17(23(4)22-21-10)11-7-15-16(19-9-11)13-6-5-12(18(2,3)24)8-14(13)20-15/h5-9,20,24H,1-4H3. The van der Waals surface area contributed by atoms with Gasteiger partial charge in [-0.1, -0.05) is 17.3 Å². The van der Waals surface area contributed by atoms with Gasteiger partial charge in [0.25, 0.3) is 0 Å². The lowest BCUT2D eigenvalue weighted by Crippen LogP contribution is -2.14. The summed E-state index contributed by atoms with van der Waals surface area (Å²) < 4.78 is 1.76. The SMILES string of the molecule is Cc1nnn(C)c1-c1cnc2c(c1)[nH]c1cc(C(C)(C)O)ccc12. The van der Waals surface area contributed by atoms with Gasteiger partial charge >= 0.3 is 0 Å². The summed E-state index contributed by atoms with van der Waals surface area (Å²) in [6, 6.07) is 8.00. The molecular weight excluding hydrogens is 302 g/mol. The summed E-state index contributed by atoms with van der Waals surface area (Å²) in [5.41, 5.74) is 5.64. The number of benzene rings is 1. The fraction of sp³-hybridized carbons (Fsp3) is 0.278. The van der Waals surface area contributed by atoms with Crippen LogP contribution in [-0.2, 0) is 12.6 Å². The van der Waals surface area contributed by atoms with Crippen LogP contribution in [-0.4, -0.2) is 30.1 Å².